The monoisotopic (exact) mass is 293 g/mol. The minimum Gasteiger partial charge on any atom is -0.370 e. The SMILES string of the molecule is CCCCCCCCNc1cc(NN)nc(C(C)(C)C)n1. The van der Waals surface area contributed by atoms with Crippen LogP contribution in [0.5, 0.6) is 0 Å². The second-order valence-electron chi connectivity index (χ2n) is 6.55. The third-order valence-corrected chi connectivity index (χ3v) is 3.38. The molecule has 0 saturated carbocycles. The van der Waals surface area contributed by atoms with Crippen LogP contribution >= 0.6 is 0 Å². The summed E-state index contributed by atoms with van der Waals surface area (Å²) in [6.07, 6.45) is 7.75. The van der Waals surface area contributed by atoms with Crippen LogP contribution in [0.3, 0.4) is 0 Å². The number of aromatic nitrogens is 2. The van der Waals surface area contributed by atoms with Crippen LogP contribution in [0.25, 0.3) is 0 Å². The van der Waals surface area contributed by atoms with Gasteiger partial charge in [-0.25, -0.2) is 15.8 Å². The van der Waals surface area contributed by atoms with Crippen LogP contribution in [-0.2, 0) is 5.41 Å². The van der Waals surface area contributed by atoms with Crippen LogP contribution in [0.1, 0.15) is 72.0 Å². The zero-order chi connectivity index (χ0) is 15.7. The molecule has 1 heterocycles. The molecule has 0 aromatic carbocycles. The molecule has 0 fully saturated rings. The van der Waals surface area contributed by atoms with Gasteiger partial charge in [0.05, 0.1) is 0 Å². The fourth-order valence-electron chi connectivity index (χ4n) is 2.07. The lowest BCUT2D eigenvalue weighted by Gasteiger charge is -2.18. The molecule has 21 heavy (non-hydrogen) atoms. The first-order valence-electron chi connectivity index (χ1n) is 8.07. The Morgan fingerprint density at radius 2 is 1.62 bits per heavy atom. The predicted octanol–water partition coefficient (Wildman–Crippen LogP) is 3.83. The number of hydrogen-bond acceptors (Lipinski definition) is 5. The van der Waals surface area contributed by atoms with Gasteiger partial charge in [0.15, 0.2) is 0 Å². The molecule has 120 valence electrons. The molecule has 0 aliphatic rings. The first-order valence-corrected chi connectivity index (χ1v) is 8.07. The highest BCUT2D eigenvalue weighted by Crippen LogP contribution is 2.22. The Morgan fingerprint density at radius 1 is 1.00 bits per heavy atom. The van der Waals surface area contributed by atoms with E-state index in [0.717, 1.165) is 18.2 Å². The molecule has 0 aliphatic heterocycles. The van der Waals surface area contributed by atoms with Crippen molar-refractivity contribution in [1.82, 2.24) is 9.97 Å². The van der Waals surface area contributed by atoms with E-state index < -0.39 is 0 Å². The standard InChI is InChI=1S/C16H31N5/c1-5-6-7-8-9-10-11-18-13-12-14(21-17)20-15(19-13)16(2,3)4/h12H,5-11,17H2,1-4H3,(H2,18,19,20,21). The Bertz CT molecular complexity index is 412. The van der Waals surface area contributed by atoms with Gasteiger partial charge in [0.1, 0.15) is 17.5 Å². The van der Waals surface area contributed by atoms with Crippen molar-refractivity contribution in [2.24, 2.45) is 5.84 Å². The van der Waals surface area contributed by atoms with Gasteiger partial charge in [-0.15, -0.1) is 0 Å². The minimum atomic E-state index is -0.0938. The first kappa shape index (κ1) is 17.7. The lowest BCUT2D eigenvalue weighted by molar-refractivity contribution is 0.546. The summed E-state index contributed by atoms with van der Waals surface area (Å²) >= 11 is 0. The van der Waals surface area contributed by atoms with E-state index in [4.69, 9.17) is 5.84 Å². The Morgan fingerprint density at radius 3 is 2.24 bits per heavy atom. The smallest absolute Gasteiger partial charge is 0.145 e. The van der Waals surface area contributed by atoms with Crippen LogP contribution in [0.4, 0.5) is 11.6 Å². The van der Waals surface area contributed by atoms with E-state index in [2.05, 4.69) is 48.4 Å². The van der Waals surface area contributed by atoms with Gasteiger partial charge in [-0.1, -0.05) is 59.8 Å². The average Bonchev–Trinajstić information content (AvgIpc) is 2.45. The predicted molar refractivity (Wildman–Crippen MR) is 90.4 cm³/mol. The number of nitrogens with zero attached hydrogens (tertiary/aromatic N) is 2. The highest BCUT2D eigenvalue weighted by molar-refractivity contribution is 5.47. The molecule has 0 atom stereocenters. The highest BCUT2D eigenvalue weighted by Gasteiger charge is 2.18. The van der Waals surface area contributed by atoms with E-state index in [9.17, 15) is 0 Å². The first-order chi connectivity index (χ1) is 9.97. The summed E-state index contributed by atoms with van der Waals surface area (Å²) in [5, 5.41) is 3.38. The maximum absolute atomic E-state index is 5.49. The molecular weight excluding hydrogens is 262 g/mol. The van der Waals surface area contributed by atoms with Gasteiger partial charge in [0.2, 0.25) is 0 Å². The summed E-state index contributed by atoms with van der Waals surface area (Å²) in [5.41, 5.74) is 2.52. The molecule has 5 heteroatoms. The van der Waals surface area contributed by atoms with Crippen LogP contribution in [0.15, 0.2) is 6.07 Å². The third-order valence-electron chi connectivity index (χ3n) is 3.38. The molecule has 4 N–H and O–H groups in total. The molecule has 0 aliphatic carbocycles. The van der Waals surface area contributed by atoms with E-state index in [0.29, 0.717) is 5.82 Å². The van der Waals surface area contributed by atoms with Crippen molar-refractivity contribution in [2.75, 3.05) is 17.3 Å². The fourth-order valence-corrected chi connectivity index (χ4v) is 2.07. The largest absolute Gasteiger partial charge is 0.370 e. The maximum atomic E-state index is 5.49. The van der Waals surface area contributed by atoms with Gasteiger partial charge in [0.25, 0.3) is 0 Å². The number of nitrogens with two attached hydrogens (primary N) is 1. The molecule has 0 spiro atoms. The molecule has 1 aromatic rings. The molecule has 0 radical (unpaired) electrons. The molecule has 0 bridgehead atoms. The van der Waals surface area contributed by atoms with Crippen molar-refractivity contribution in [1.29, 1.82) is 0 Å². The number of rotatable bonds is 9. The van der Waals surface area contributed by atoms with E-state index in [1.165, 1.54) is 38.5 Å². The maximum Gasteiger partial charge on any atom is 0.145 e. The van der Waals surface area contributed by atoms with Crippen LogP contribution < -0.4 is 16.6 Å². The number of nitrogens with one attached hydrogen (secondary N) is 2. The van der Waals surface area contributed by atoms with E-state index in [1.807, 2.05) is 6.07 Å². The Hall–Kier alpha value is -1.36. The second kappa shape index (κ2) is 8.82. The zero-order valence-corrected chi connectivity index (χ0v) is 14.0. The molecule has 0 unspecified atom stereocenters. The van der Waals surface area contributed by atoms with E-state index in [1.54, 1.807) is 0 Å². The molecule has 0 amide bonds. The van der Waals surface area contributed by atoms with Gasteiger partial charge in [-0.05, 0) is 6.42 Å². The van der Waals surface area contributed by atoms with Gasteiger partial charge >= 0.3 is 0 Å². The van der Waals surface area contributed by atoms with E-state index in [-0.39, 0.29) is 5.41 Å². The summed E-state index contributed by atoms with van der Waals surface area (Å²) in [6.45, 7) is 9.48. The second-order valence-corrected chi connectivity index (χ2v) is 6.55. The van der Waals surface area contributed by atoms with Crippen molar-refractivity contribution in [3.05, 3.63) is 11.9 Å². The number of anilines is 2. The molecule has 5 nitrogen and oxygen atoms in total. The number of nitrogen functional groups attached to an aromatic ring is 1. The van der Waals surface area contributed by atoms with Crippen molar-refractivity contribution in [3.63, 3.8) is 0 Å². The third kappa shape index (κ3) is 6.76. The summed E-state index contributed by atoms with van der Waals surface area (Å²) in [6, 6.07) is 1.85. The van der Waals surface area contributed by atoms with Crippen LogP contribution in [-0.4, -0.2) is 16.5 Å². The number of hydrogen-bond donors (Lipinski definition) is 3. The lowest BCUT2D eigenvalue weighted by Crippen LogP contribution is -2.20. The van der Waals surface area contributed by atoms with Crippen molar-refractivity contribution in [3.8, 4) is 0 Å². The summed E-state index contributed by atoms with van der Waals surface area (Å²) in [7, 11) is 0. The molecule has 1 aromatic heterocycles. The van der Waals surface area contributed by atoms with Crippen molar-refractivity contribution >= 4 is 11.6 Å². The normalized spacial score (nSPS) is 11.5. The Kier molecular flexibility index (Phi) is 7.43. The van der Waals surface area contributed by atoms with Gasteiger partial charge in [-0.3, -0.25) is 0 Å². The minimum absolute atomic E-state index is 0.0938. The van der Waals surface area contributed by atoms with Gasteiger partial charge in [0, 0.05) is 18.0 Å². The topological polar surface area (TPSA) is 75.9 Å². The summed E-state index contributed by atoms with van der Waals surface area (Å²) < 4.78 is 0. The molecule has 1 rings (SSSR count). The molecular formula is C16H31N5. The van der Waals surface area contributed by atoms with Crippen LogP contribution in [0, 0.1) is 0 Å². The summed E-state index contributed by atoms with van der Waals surface area (Å²) in [4.78, 5) is 9.00. The number of unbranched alkanes of at least 4 members (excludes halogenated alkanes) is 5. The number of hydrazine groups is 1. The zero-order valence-electron chi connectivity index (χ0n) is 14.0. The summed E-state index contributed by atoms with van der Waals surface area (Å²) in [5.74, 6) is 7.78. The van der Waals surface area contributed by atoms with Gasteiger partial charge < -0.3 is 10.7 Å². The Balaban J connectivity index is 2.47. The quantitative estimate of drug-likeness (QED) is 0.366. The van der Waals surface area contributed by atoms with Crippen molar-refractivity contribution in [2.45, 2.75) is 71.6 Å². The van der Waals surface area contributed by atoms with E-state index >= 15 is 0 Å². The Labute approximate surface area is 129 Å². The average molecular weight is 293 g/mol. The van der Waals surface area contributed by atoms with Gasteiger partial charge in [-0.2, -0.15) is 0 Å². The highest BCUT2D eigenvalue weighted by atomic mass is 15.3. The fraction of sp³-hybridized carbons (Fsp3) is 0.750. The lowest BCUT2D eigenvalue weighted by atomic mass is 9.96. The van der Waals surface area contributed by atoms with Crippen molar-refractivity contribution < 1.29 is 0 Å². The van der Waals surface area contributed by atoms with Crippen LogP contribution in [0.2, 0.25) is 0 Å². The molecule has 0 saturated heterocycles.